The molecular weight excluding hydrogens is 1520 g/mol. The van der Waals surface area contributed by atoms with Crippen LogP contribution in [0.4, 0.5) is 0 Å². The Labute approximate surface area is 794 Å². The van der Waals surface area contributed by atoms with Gasteiger partial charge in [-0.2, -0.15) is 0 Å². The highest BCUT2D eigenvalue weighted by molar-refractivity contribution is 5.70. The van der Waals surface area contributed by atoms with Crippen molar-refractivity contribution in [3.63, 3.8) is 0 Å². The van der Waals surface area contributed by atoms with Gasteiger partial charge in [0.1, 0.15) is 5.60 Å². The summed E-state index contributed by atoms with van der Waals surface area (Å²) in [6, 6.07) is 0. The van der Waals surface area contributed by atoms with Gasteiger partial charge < -0.3 is 9.47 Å². The van der Waals surface area contributed by atoms with Crippen molar-refractivity contribution in [3.8, 4) is 11.8 Å². The van der Waals surface area contributed by atoms with Gasteiger partial charge in [-0.05, 0) is 267 Å². The Morgan fingerprint density at radius 1 is 0.384 bits per heavy atom. The highest BCUT2D eigenvalue weighted by atomic mass is 16.6. The van der Waals surface area contributed by atoms with E-state index in [-0.39, 0.29) is 39.9 Å². The van der Waals surface area contributed by atoms with Gasteiger partial charge in [-0.25, -0.2) is 0 Å². The molecule has 0 heterocycles. The first-order chi connectivity index (χ1) is 55.0. The minimum atomic E-state index is -0.378. The maximum Gasteiger partial charge on any atom is 0.306 e. The van der Waals surface area contributed by atoms with Crippen LogP contribution < -0.4 is 0 Å². The second-order valence-corrected chi connectivity index (χ2v) is 52.9. The molecule has 1 saturated carbocycles. The third-order valence-corrected chi connectivity index (χ3v) is 21.1. The summed E-state index contributed by atoms with van der Waals surface area (Å²) in [5.74, 6) is 15.9. The first-order valence-electron chi connectivity index (χ1n) is 50.5. The van der Waals surface area contributed by atoms with E-state index in [1.54, 1.807) is 16.7 Å². The quantitative estimate of drug-likeness (QED) is 0.0653. The molecule has 0 N–H and O–H groups in total. The number of carbonyl (C=O) groups is 2. The average Bonchev–Trinajstić information content (AvgIpc) is 1.70. The lowest BCUT2D eigenvalue weighted by Crippen LogP contribution is -2.30. The predicted molar refractivity (Wildman–Crippen MR) is 579 cm³/mol. The molecule has 4 heteroatoms. The molecule has 0 aliphatic heterocycles. The fourth-order valence-electron chi connectivity index (χ4n) is 12.2. The number of rotatable bonds is 21. The van der Waals surface area contributed by atoms with Crippen molar-refractivity contribution in [2.45, 2.75) is 520 Å². The molecule has 0 amide bonds. The van der Waals surface area contributed by atoms with Crippen molar-refractivity contribution in [2.24, 2.45) is 143 Å². The highest BCUT2D eigenvalue weighted by Crippen LogP contribution is 2.46. The predicted octanol–water partition coefficient (Wildman–Crippen LogP) is 41.0. The number of hydrogen-bond donors (Lipinski definition) is 0. The summed E-state index contributed by atoms with van der Waals surface area (Å²) in [5.41, 5.74) is 15.0. The number of allylic oxidation sites excluding steroid dienone is 16. The van der Waals surface area contributed by atoms with Gasteiger partial charge in [-0.15, -0.1) is 0 Å². The fourth-order valence-corrected chi connectivity index (χ4v) is 12.2. The molecular formula is C121H238O4. The van der Waals surface area contributed by atoms with E-state index in [0.717, 1.165) is 24.7 Å². The summed E-state index contributed by atoms with van der Waals surface area (Å²) in [6.45, 7) is 146. The monoisotopic (exact) mass is 1760 g/mol. The van der Waals surface area contributed by atoms with E-state index in [1.165, 1.54) is 53.5 Å². The Hall–Kier alpha value is -3.58. The van der Waals surface area contributed by atoms with E-state index in [9.17, 15) is 9.59 Å². The summed E-state index contributed by atoms with van der Waals surface area (Å²) >= 11 is 0. The molecule has 0 spiro atoms. The average molecular weight is 1760 g/mol. The molecule has 2 unspecified atom stereocenters. The van der Waals surface area contributed by atoms with Gasteiger partial charge in [0, 0.05) is 24.2 Å². The fraction of sp³-hybridized carbons (Fsp3) is 0.835. The SMILES string of the molecule is C/C(=C(/C)C(C)(C)C)C(C)C.C/C(=C/C(C)C)C(C)C.C/C(=C\C(C)C)C(C)(C)C.C/C(=C\C(C)C)C(C)(C)C.C/C=C(\CC(C)C)C(C)(C)C.CC(C)/C=C(\C1CC1)C(C)(C)C.CC(C)/C=C/C(C)(C)C.CC(C)C#CC(C)(C)C.CC(C)CC(CC(=O)OC(C)(C)C)C(C)(C)C.CC(C)CC(CC(=O)OC(C)C)C(C)(C)C.CC/C(=C\C(C)C)C(C)(C)C. The van der Waals surface area contributed by atoms with Crippen LogP contribution in [0.3, 0.4) is 0 Å². The summed E-state index contributed by atoms with van der Waals surface area (Å²) in [4.78, 5) is 23.5. The molecule has 0 aromatic rings. The molecule has 4 nitrogen and oxygen atoms in total. The summed E-state index contributed by atoms with van der Waals surface area (Å²) in [6.07, 6.45) is 27.1. The molecule has 1 aliphatic carbocycles. The zero-order valence-corrected chi connectivity index (χ0v) is 98.6. The number of hydrogen-bond acceptors (Lipinski definition) is 4. The van der Waals surface area contributed by atoms with Gasteiger partial charge in [-0.3, -0.25) is 9.59 Å². The number of carbonyl (C=O) groups excluding carboxylic acids is 2. The summed E-state index contributed by atoms with van der Waals surface area (Å²) < 4.78 is 10.6. The molecule has 1 fully saturated rings. The van der Waals surface area contributed by atoms with E-state index in [2.05, 4.69) is 483 Å². The van der Waals surface area contributed by atoms with E-state index in [4.69, 9.17) is 9.47 Å². The van der Waals surface area contributed by atoms with Gasteiger partial charge in [0.05, 0.1) is 6.10 Å². The molecule has 125 heavy (non-hydrogen) atoms. The van der Waals surface area contributed by atoms with E-state index in [0.29, 0.717) is 128 Å². The van der Waals surface area contributed by atoms with E-state index in [1.807, 2.05) is 34.6 Å². The van der Waals surface area contributed by atoms with E-state index >= 15 is 0 Å². The summed E-state index contributed by atoms with van der Waals surface area (Å²) in [5, 5.41) is 0. The summed E-state index contributed by atoms with van der Waals surface area (Å²) in [7, 11) is 0. The molecule has 746 valence electrons. The standard InChI is InChI=1S/C15H30O2.C14H28O2.C12H22.3C11H22.2C10H20.C9H18.C9H16.C9H18/c1-11(2)9-12(14(3,4)5)10-13(16)17-15(6,7)8;1-10(2)8-12(14(5,6)7)9-13(15)16-11(3)4;1-9(2)8-11(10-6-7-10)12(3,4)5;1-8(2)9(3)10(4)11(5,6)7;2*1-7-10(8-9(2)3)11(4,5)6;2*1-8(2)7-9(3)10(4,5)6;2*1-8(2)6-7-9(3,4)5;1-7(2)6-9(5)8(3)4/h11-12H,9-10H2,1-8H3;10-12H,8-9H2,1-7H3;8-10H,6-7H2,1-5H3;8H,1-7H3;8-9H,7H2,1-6H3;7,9H,8H2,1-6H3;2*7-8H,1-6H3;6-8H,1-5H3;8H,1-5H3;6-8H,1-5H3/b;;11-8+;10-9+;10-8+;10-7+;2*9-7+;7-6+;;9-6-. The zero-order valence-electron chi connectivity index (χ0n) is 98.6. The molecule has 0 bridgehead atoms. The Morgan fingerprint density at radius 3 is 0.872 bits per heavy atom. The third-order valence-electron chi connectivity index (χ3n) is 21.1. The Balaban J connectivity index is -0.000000146. The van der Waals surface area contributed by atoms with Crippen LogP contribution in [0.25, 0.3) is 0 Å². The highest BCUT2D eigenvalue weighted by Gasteiger charge is 2.34. The van der Waals surface area contributed by atoms with Crippen molar-refractivity contribution in [1.29, 1.82) is 0 Å². The molecule has 1 rings (SSSR count). The van der Waals surface area contributed by atoms with Crippen LogP contribution in [0, 0.1) is 155 Å². The molecule has 0 aromatic heterocycles. The molecule has 0 radical (unpaired) electrons. The van der Waals surface area contributed by atoms with Gasteiger partial charge in [0.15, 0.2) is 0 Å². The lowest BCUT2D eigenvalue weighted by atomic mass is 9.74. The number of ether oxygens (including phenoxy) is 2. The van der Waals surface area contributed by atoms with Crippen molar-refractivity contribution in [3.05, 3.63) is 93.2 Å². The first-order valence-corrected chi connectivity index (χ1v) is 50.5. The van der Waals surface area contributed by atoms with Gasteiger partial charge >= 0.3 is 11.9 Å². The Morgan fingerprint density at radius 2 is 0.728 bits per heavy atom. The molecule has 2 atom stereocenters. The van der Waals surface area contributed by atoms with Crippen molar-refractivity contribution < 1.29 is 19.1 Å². The minimum absolute atomic E-state index is 0.00725. The molecule has 0 aromatic carbocycles. The van der Waals surface area contributed by atoms with E-state index < -0.39 is 0 Å². The van der Waals surface area contributed by atoms with Gasteiger partial charge in [0.25, 0.3) is 0 Å². The molecule has 1 aliphatic rings. The minimum Gasteiger partial charge on any atom is -0.463 e. The third kappa shape index (κ3) is 102. The zero-order chi connectivity index (χ0) is 103. The lowest BCUT2D eigenvalue weighted by molar-refractivity contribution is -0.157. The van der Waals surface area contributed by atoms with Crippen LogP contribution in [-0.4, -0.2) is 23.6 Å². The first kappa shape index (κ1) is 142. The largest absolute Gasteiger partial charge is 0.463 e. The van der Waals surface area contributed by atoms with Crippen molar-refractivity contribution >= 4 is 11.9 Å². The second-order valence-electron chi connectivity index (χ2n) is 52.9. The Bertz CT molecular complexity index is 3010. The van der Waals surface area contributed by atoms with Crippen molar-refractivity contribution in [1.82, 2.24) is 0 Å². The smallest absolute Gasteiger partial charge is 0.306 e. The normalized spacial score (nSPS) is 14.7. The maximum absolute atomic E-state index is 11.9. The lowest BCUT2D eigenvalue weighted by Gasteiger charge is -2.32. The van der Waals surface area contributed by atoms with Gasteiger partial charge in [0.2, 0.25) is 0 Å². The van der Waals surface area contributed by atoms with Crippen LogP contribution >= 0.6 is 0 Å². The van der Waals surface area contributed by atoms with Gasteiger partial charge in [-0.1, -0.05) is 465 Å². The van der Waals surface area contributed by atoms with Crippen LogP contribution in [-0.2, 0) is 19.1 Å². The second kappa shape index (κ2) is 66.7. The molecule has 0 saturated heterocycles. The maximum atomic E-state index is 11.9. The number of esters is 2. The topological polar surface area (TPSA) is 52.6 Å². The van der Waals surface area contributed by atoms with Crippen LogP contribution in [0.15, 0.2) is 93.2 Å². The van der Waals surface area contributed by atoms with Crippen LogP contribution in [0.2, 0.25) is 0 Å². The van der Waals surface area contributed by atoms with Crippen LogP contribution in [0.1, 0.15) is 508 Å². The van der Waals surface area contributed by atoms with Crippen molar-refractivity contribution in [2.75, 3.05) is 0 Å². The Kier molecular flexibility index (Phi) is 75.7. The van der Waals surface area contributed by atoms with Crippen LogP contribution in [0.5, 0.6) is 0 Å².